The second-order valence-corrected chi connectivity index (χ2v) is 7.09. The number of ether oxygens (including phenoxy) is 3. The standard InChI is InChI=1S/C22H24N2O5/c1-27-18-5-3-2-4-15(18)8-9-23-22(26)16-12-21(25)24(14-16)17-6-7-19-20(13-17)29-11-10-28-19/h2-7,13,16H,8-12,14H2,1H3,(H,23,26). The maximum atomic E-state index is 12.6. The van der Waals surface area contributed by atoms with E-state index in [-0.39, 0.29) is 24.2 Å². The van der Waals surface area contributed by atoms with E-state index < -0.39 is 0 Å². The Morgan fingerprint density at radius 1 is 1.17 bits per heavy atom. The molecule has 0 aliphatic carbocycles. The summed E-state index contributed by atoms with van der Waals surface area (Å²) in [5.41, 5.74) is 1.76. The van der Waals surface area contributed by atoms with Gasteiger partial charge in [-0.15, -0.1) is 0 Å². The van der Waals surface area contributed by atoms with Gasteiger partial charge in [0.1, 0.15) is 19.0 Å². The number of nitrogens with zero attached hydrogens (tertiary/aromatic N) is 1. The van der Waals surface area contributed by atoms with E-state index in [1.54, 1.807) is 24.1 Å². The minimum absolute atomic E-state index is 0.0634. The Balaban J connectivity index is 1.34. The van der Waals surface area contributed by atoms with Gasteiger partial charge in [-0.3, -0.25) is 9.59 Å². The molecule has 2 heterocycles. The van der Waals surface area contributed by atoms with Crippen molar-refractivity contribution in [2.45, 2.75) is 12.8 Å². The average Bonchev–Trinajstić information content (AvgIpc) is 3.15. The van der Waals surface area contributed by atoms with Crippen LogP contribution >= 0.6 is 0 Å². The summed E-state index contributed by atoms with van der Waals surface area (Å²) in [6.07, 6.45) is 0.872. The molecule has 1 unspecified atom stereocenters. The Hall–Kier alpha value is -3.22. The number of hydrogen-bond donors (Lipinski definition) is 1. The van der Waals surface area contributed by atoms with Crippen LogP contribution in [0.5, 0.6) is 17.2 Å². The van der Waals surface area contributed by atoms with Crippen molar-refractivity contribution in [3.05, 3.63) is 48.0 Å². The lowest BCUT2D eigenvalue weighted by atomic mass is 10.1. The van der Waals surface area contributed by atoms with Crippen LogP contribution in [0.1, 0.15) is 12.0 Å². The molecule has 0 bridgehead atoms. The third kappa shape index (κ3) is 4.13. The molecular formula is C22H24N2O5. The second kappa shape index (κ2) is 8.43. The van der Waals surface area contributed by atoms with Gasteiger partial charge >= 0.3 is 0 Å². The van der Waals surface area contributed by atoms with Crippen molar-refractivity contribution in [3.63, 3.8) is 0 Å². The van der Waals surface area contributed by atoms with Crippen LogP contribution in [0.25, 0.3) is 0 Å². The summed E-state index contributed by atoms with van der Waals surface area (Å²) in [7, 11) is 1.63. The summed E-state index contributed by atoms with van der Waals surface area (Å²) in [5.74, 6) is 1.58. The Labute approximate surface area is 169 Å². The Morgan fingerprint density at radius 3 is 2.79 bits per heavy atom. The number of nitrogens with one attached hydrogen (secondary N) is 1. The molecular weight excluding hydrogens is 372 g/mol. The van der Waals surface area contributed by atoms with Crippen molar-refractivity contribution >= 4 is 17.5 Å². The van der Waals surface area contributed by atoms with Gasteiger partial charge in [0, 0.05) is 31.3 Å². The molecule has 1 N–H and O–H groups in total. The number of methoxy groups -OCH3 is 1. The van der Waals surface area contributed by atoms with E-state index >= 15 is 0 Å². The SMILES string of the molecule is COc1ccccc1CCNC(=O)C1CC(=O)N(c2ccc3c(c2)OCCO3)C1. The third-order valence-corrected chi connectivity index (χ3v) is 5.22. The smallest absolute Gasteiger partial charge is 0.227 e. The van der Waals surface area contributed by atoms with Crippen molar-refractivity contribution in [2.24, 2.45) is 5.92 Å². The first-order chi connectivity index (χ1) is 14.2. The highest BCUT2D eigenvalue weighted by atomic mass is 16.6. The quantitative estimate of drug-likeness (QED) is 0.810. The molecule has 1 fully saturated rings. The van der Waals surface area contributed by atoms with E-state index in [1.807, 2.05) is 30.3 Å². The predicted octanol–water partition coefficient (Wildman–Crippen LogP) is 2.18. The first-order valence-corrected chi connectivity index (χ1v) is 9.75. The summed E-state index contributed by atoms with van der Waals surface area (Å²) < 4.78 is 16.5. The van der Waals surface area contributed by atoms with E-state index in [1.165, 1.54) is 0 Å². The van der Waals surface area contributed by atoms with Crippen molar-refractivity contribution < 1.29 is 23.8 Å². The van der Waals surface area contributed by atoms with Gasteiger partial charge in [0.05, 0.1) is 13.0 Å². The van der Waals surface area contributed by atoms with Gasteiger partial charge in [-0.2, -0.15) is 0 Å². The summed E-state index contributed by atoms with van der Waals surface area (Å²) in [4.78, 5) is 26.7. The minimum atomic E-state index is -0.367. The number of carbonyl (C=O) groups excluding carboxylic acids is 2. The number of carbonyl (C=O) groups is 2. The average molecular weight is 396 g/mol. The molecule has 4 rings (SSSR count). The van der Waals surface area contributed by atoms with E-state index in [4.69, 9.17) is 14.2 Å². The lowest BCUT2D eigenvalue weighted by Crippen LogP contribution is -2.34. The number of rotatable bonds is 6. The van der Waals surface area contributed by atoms with Crippen LogP contribution in [-0.2, 0) is 16.0 Å². The second-order valence-electron chi connectivity index (χ2n) is 7.09. The first-order valence-electron chi connectivity index (χ1n) is 9.75. The Kier molecular flexibility index (Phi) is 5.55. The summed E-state index contributed by atoms with van der Waals surface area (Å²) in [5, 5.41) is 2.95. The molecule has 2 amide bonds. The molecule has 0 radical (unpaired) electrons. The van der Waals surface area contributed by atoms with E-state index in [2.05, 4.69) is 5.32 Å². The van der Waals surface area contributed by atoms with Crippen molar-refractivity contribution in [1.82, 2.24) is 5.32 Å². The fourth-order valence-electron chi connectivity index (χ4n) is 3.71. The van der Waals surface area contributed by atoms with Crippen molar-refractivity contribution in [2.75, 3.05) is 38.3 Å². The lowest BCUT2D eigenvalue weighted by Gasteiger charge is -2.22. The zero-order valence-electron chi connectivity index (χ0n) is 16.3. The highest BCUT2D eigenvalue weighted by Gasteiger charge is 2.35. The molecule has 2 aromatic rings. The van der Waals surface area contributed by atoms with E-state index in [0.29, 0.717) is 44.2 Å². The summed E-state index contributed by atoms with van der Waals surface area (Å²) in [6.45, 7) is 1.86. The van der Waals surface area contributed by atoms with Crippen LogP contribution < -0.4 is 24.4 Å². The van der Waals surface area contributed by atoms with Crippen LogP contribution in [0.4, 0.5) is 5.69 Å². The fourth-order valence-corrected chi connectivity index (χ4v) is 3.71. The molecule has 2 aliphatic heterocycles. The monoisotopic (exact) mass is 396 g/mol. The van der Waals surface area contributed by atoms with Gasteiger partial charge in [-0.1, -0.05) is 18.2 Å². The normalized spacial score (nSPS) is 17.9. The van der Waals surface area contributed by atoms with Crippen LogP contribution in [0, 0.1) is 5.92 Å². The molecule has 7 nitrogen and oxygen atoms in total. The molecule has 2 aromatic carbocycles. The molecule has 2 aliphatic rings. The molecule has 0 saturated carbocycles. The molecule has 0 spiro atoms. The Morgan fingerprint density at radius 2 is 1.97 bits per heavy atom. The topological polar surface area (TPSA) is 77.1 Å². The largest absolute Gasteiger partial charge is 0.496 e. The number of anilines is 1. The number of para-hydroxylation sites is 1. The zero-order valence-corrected chi connectivity index (χ0v) is 16.3. The van der Waals surface area contributed by atoms with Gasteiger partial charge in [0.15, 0.2) is 11.5 Å². The minimum Gasteiger partial charge on any atom is -0.496 e. The molecule has 0 aromatic heterocycles. The molecule has 1 atom stereocenters. The van der Waals surface area contributed by atoms with Crippen LogP contribution in [-0.4, -0.2) is 45.2 Å². The van der Waals surface area contributed by atoms with Gasteiger partial charge in [-0.25, -0.2) is 0 Å². The molecule has 152 valence electrons. The maximum Gasteiger partial charge on any atom is 0.227 e. The molecule has 29 heavy (non-hydrogen) atoms. The van der Waals surface area contributed by atoms with E-state index in [9.17, 15) is 9.59 Å². The highest BCUT2D eigenvalue weighted by Crippen LogP contribution is 2.36. The van der Waals surface area contributed by atoms with Gasteiger partial charge < -0.3 is 24.4 Å². The van der Waals surface area contributed by atoms with Gasteiger partial charge in [0.25, 0.3) is 0 Å². The van der Waals surface area contributed by atoms with E-state index in [0.717, 1.165) is 17.0 Å². The first kappa shape index (κ1) is 19.1. The maximum absolute atomic E-state index is 12.6. The summed E-state index contributed by atoms with van der Waals surface area (Å²) in [6, 6.07) is 13.2. The predicted molar refractivity (Wildman–Crippen MR) is 108 cm³/mol. The van der Waals surface area contributed by atoms with Crippen LogP contribution in [0.15, 0.2) is 42.5 Å². The number of fused-ring (bicyclic) bond motifs is 1. The van der Waals surface area contributed by atoms with Gasteiger partial charge in [0.2, 0.25) is 11.8 Å². The van der Waals surface area contributed by atoms with Crippen LogP contribution in [0.2, 0.25) is 0 Å². The number of hydrogen-bond acceptors (Lipinski definition) is 5. The van der Waals surface area contributed by atoms with Gasteiger partial charge in [-0.05, 0) is 30.2 Å². The van der Waals surface area contributed by atoms with Crippen molar-refractivity contribution in [1.29, 1.82) is 0 Å². The zero-order chi connectivity index (χ0) is 20.2. The number of benzene rings is 2. The molecule has 1 saturated heterocycles. The van der Waals surface area contributed by atoms with Crippen molar-refractivity contribution in [3.8, 4) is 17.2 Å². The Bertz CT molecular complexity index is 914. The summed E-state index contributed by atoms with van der Waals surface area (Å²) >= 11 is 0. The highest BCUT2D eigenvalue weighted by molar-refractivity contribution is 6.00. The lowest BCUT2D eigenvalue weighted by molar-refractivity contribution is -0.126. The molecule has 7 heteroatoms. The number of amides is 2. The van der Waals surface area contributed by atoms with Crippen LogP contribution in [0.3, 0.4) is 0 Å². The third-order valence-electron chi connectivity index (χ3n) is 5.22. The fraction of sp³-hybridized carbons (Fsp3) is 0.364.